The third-order valence-corrected chi connectivity index (χ3v) is 3.90. The van der Waals surface area contributed by atoms with Crippen LogP contribution in [-0.2, 0) is 14.4 Å². The van der Waals surface area contributed by atoms with Crippen LogP contribution in [0.2, 0.25) is 0 Å². The van der Waals surface area contributed by atoms with Gasteiger partial charge in [-0.15, -0.1) is 0 Å². The minimum atomic E-state index is -0.924. The normalized spacial score (nSPS) is 24.1. The zero-order valence-corrected chi connectivity index (χ0v) is 11.8. The predicted octanol–water partition coefficient (Wildman–Crippen LogP) is 0.614. The van der Waals surface area contributed by atoms with Crippen molar-refractivity contribution in [2.24, 2.45) is 11.8 Å². The maximum atomic E-state index is 12.1. The van der Waals surface area contributed by atoms with E-state index in [0.717, 1.165) is 32.2 Å². The molecule has 0 aromatic heterocycles. The van der Waals surface area contributed by atoms with Gasteiger partial charge in [0.1, 0.15) is 0 Å². The minimum Gasteiger partial charge on any atom is -0.481 e. The number of nitrogens with zero attached hydrogens (tertiary/aromatic N) is 1. The highest BCUT2D eigenvalue weighted by Crippen LogP contribution is 2.32. The Bertz CT molecular complexity index is 406. The highest BCUT2D eigenvalue weighted by Gasteiger charge is 2.36. The maximum absolute atomic E-state index is 12.1. The van der Waals surface area contributed by atoms with Gasteiger partial charge < -0.3 is 15.3 Å². The highest BCUT2D eigenvalue weighted by molar-refractivity contribution is 5.84. The van der Waals surface area contributed by atoms with Crippen molar-refractivity contribution in [3.8, 4) is 0 Å². The van der Waals surface area contributed by atoms with E-state index in [-0.39, 0.29) is 36.1 Å². The van der Waals surface area contributed by atoms with Gasteiger partial charge in [0, 0.05) is 25.0 Å². The lowest BCUT2D eigenvalue weighted by molar-refractivity contribution is -0.137. The quantitative estimate of drug-likeness (QED) is 0.773. The summed E-state index contributed by atoms with van der Waals surface area (Å²) >= 11 is 0. The second-order valence-corrected chi connectivity index (χ2v) is 5.91. The van der Waals surface area contributed by atoms with E-state index in [2.05, 4.69) is 5.32 Å². The molecule has 1 heterocycles. The molecule has 6 heteroatoms. The Morgan fingerprint density at radius 3 is 2.55 bits per heavy atom. The van der Waals surface area contributed by atoms with Crippen molar-refractivity contribution in [2.75, 3.05) is 13.1 Å². The summed E-state index contributed by atoms with van der Waals surface area (Å²) < 4.78 is 0. The van der Waals surface area contributed by atoms with Gasteiger partial charge in [-0.3, -0.25) is 14.4 Å². The van der Waals surface area contributed by atoms with Gasteiger partial charge in [0.15, 0.2) is 0 Å². The van der Waals surface area contributed by atoms with Gasteiger partial charge in [-0.05, 0) is 32.6 Å². The van der Waals surface area contributed by atoms with Crippen LogP contribution in [0.25, 0.3) is 0 Å². The smallest absolute Gasteiger partial charge is 0.305 e. The fraction of sp³-hybridized carbons (Fsp3) is 0.786. The molecule has 1 aliphatic heterocycles. The molecule has 6 nitrogen and oxygen atoms in total. The topological polar surface area (TPSA) is 86.7 Å². The Labute approximate surface area is 118 Å². The van der Waals surface area contributed by atoms with Gasteiger partial charge >= 0.3 is 5.97 Å². The fourth-order valence-electron chi connectivity index (χ4n) is 2.65. The summed E-state index contributed by atoms with van der Waals surface area (Å²) in [6.07, 6.45) is 3.47. The standard InChI is InChI=1S/C14H22N2O4/c1-9(7-12(17)18)15-13(19)11-3-2-6-16(8-11)14(20)10-4-5-10/h9-11H,2-8H2,1H3,(H,15,19)(H,17,18). The van der Waals surface area contributed by atoms with Crippen molar-refractivity contribution in [3.05, 3.63) is 0 Å². The van der Waals surface area contributed by atoms with Gasteiger partial charge in [0.2, 0.25) is 11.8 Å². The summed E-state index contributed by atoms with van der Waals surface area (Å²) in [7, 11) is 0. The molecule has 0 aromatic rings. The monoisotopic (exact) mass is 282 g/mol. The van der Waals surface area contributed by atoms with E-state index in [0.29, 0.717) is 6.54 Å². The molecule has 1 aliphatic carbocycles. The van der Waals surface area contributed by atoms with Gasteiger partial charge in [0.25, 0.3) is 0 Å². The molecule has 2 fully saturated rings. The van der Waals surface area contributed by atoms with Crippen LogP contribution < -0.4 is 5.32 Å². The summed E-state index contributed by atoms with van der Waals surface area (Å²) in [6, 6.07) is -0.380. The van der Waals surface area contributed by atoms with Crippen LogP contribution in [0.1, 0.15) is 39.0 Å². The Hall–Kier alpha value is -1.59. The number of nitrogens with one attached hydrogen (secondary N) is 1. The van der Waals surface area contributed by atoms with Crippen molar-refractivity contribution < 1.29 is 19.5 Å². The number of carbonyl (C=O) groups excluding carboxylic acids is 2. The van der Waals surface area contributed by atoms with E-state index in [1.54, 1.807) is 11.8 Å². The largest absolute Gasteiger partial charge is 0.481 e. The first-order valence-electron chi connectivity index (χ1n) is 7.28. The van der Waals surface area contributed by atoms with Crippen LogP contribution in [-0.4, -0.2) is 46.9 Å². The predicted molar refractivity (Wildman–Crippen MR) is 71.9 cm³/mol. The highest BCUT2D eigenvalue weighted by atomic mass is 16.4. The molecule has 0 radical (unpaired) electrons. The molecule has 2 amide bonds. The number of carbonyl (C=O) groups is 3. The molecular formula is C14H22N2O4. The fourth-order valence-corrected chi connectivity index (χ4v) is 2.65. The lowest BCUT2D eigenvalue weighted by atomic mass is 9.96. The molecule has 2 unspecified atom stereocenters. The van der Waals surface area contributed by atoms with E-state index in [1.165, 1.54) is 0 Å². The number of likely N-dealkylation sites (tertiary alicyclic amines) is 1. The van der Waals surface area contributed by atoms with Crippen molar-refractivity contribution in [1.82, 2.24) is 10.2 Å². The Kier molecular flexibility index (Phi) is 4.62. The molecule has 20 heavy (non-hydrogen) atoms. The van der Waals surface area contributed by atoms with Crippen LogP contribution in [0.4, 0.5) is 0 Å². The van der Waals surface area contributed by atoms with Crippen molar-refractivity contribution in [3.63, 3.8) is 0 Å². The van der Waals surface area contributed by atoms with Crippen LogP contribution in [0.15, 0.2) is 0 Å². The molecule has 2 atom stereocenters. The first kappa shape index (κ1) is 14.8. The number of hydrogen-bond donors (Lipinski definition) is 2. The Morgan fingerprint density at radius 2 is 1.95 bits per heavy atom. The SMILES string of the molecule is CC(CC(=O)O)NC(=O)C1CCCN(C(=O)C2CC2)C1. The number of amides is 2. The van der Waals surface area contributed by atoms with Crippen molar-refractivity contribution in [2.45, 2.75) is 45.1 Å². The first-order valence-corrected chi connectivity index (χ1v) is 7.28. The number of piperidine rings is 1. The number of aliphatic carboxylic acids is 1. The average molecular weight is 282 g/mol. The molecular weight excluding hydrogens is 260 g/mol. The zero-order valence-electron chi connectivity index (χ0n) is 11.8. The molecule has 1 saturated heterocycles. The number of carboxylic acid groups (broad SMARTS) is 1. The summed E-state index contributed by atoms with van der Waals surface area (Å²) in [5.74, 6) is -0.898. The van der Waals surface area contributed by atoms with E-state index in [4.69, 9.17) is 5.11 Å². The molecule has 2 rings (SSSR count). The average Bonchev–Trinajstić information content (AvgIpc) is 3.21. The third-order valence-electron chi connectivity index (χ3n) is 3.90. The second kappa shape index (κ2) is 6.24. The lowest BCUT2D eigenvalue weighted by Crippen LogP contribution is -2.47. The number of carboxylic acids is 1. The van der Waals surface area contributed by atoms with Crippen LogP contribution >= 0.6 is 0 Å². The summed E-state index contributed by atoms with van der Waals surface area (Å²) in [5.41, 5.74) is 0. The molecule has 2 aliphatic rings. The van der Waals surface area contributed by atoms with Crippen LogP contribution in [0, 0.1) is 11.8 Å². The van der Waals surface area contributed by atoms with E-state index in [9.17, 15) is 14.4 Å². The van der Waals surface area contributed by atoms with E-state index < -0.39 is 5.97 Å². The second-order valence-electron chi connectivity index (χ2n) is 5.91. The van der Waals surface area contributed by atoms with Crippen molar-refractivity contribution in [1.29, 1.82) is 0 Å². The number of rotatable bonds is 5. The zero-order chi connectivity index (χ0) is 14.7. The van der Waals surface area contributed by atoms with Crippen LogP contribution in [0.5, 0.6) is 0 Å². The Balaban J connectivity index is 1.83. The number of hydrogen-bond acceptors (Lipinski definition) is 3. The van der Waals surface area contributed by atoms with Gasteiger partial charge in [-0.1, -0.05) is 0 Å². The molecule has 112 valence electrons. The lowest BCUT2D eigenvalue weighted by Gasteiger charge is -2.32. The maximum Gasteiger partial charge on any atom is 0.305 e. The molecule has 2 N–H and O–H groups in total. The summed E-state index contributed by atoms with van der Waals surface area (Å²) in [4.78, 5) is 36.5. The summed E-state index contributed by atoms with van der Waals surface area (Å²) in [5, 5.41) is 11.4. The van der Waals surface area contributed by atoms with E-state index >= 15 is 0 Å². The van der Waals surface area contributed by atoms with Crippen molar-refractivity contribution >= 4 is 17.8 Å². The van der Waals surface area contributed by atoms with Gasteiger partial charge in [-0.2, -0.15) is 0 Å². The van der Waals surface area contributed by atoms with Crippen LogP contribution in [0.3, 0.4) is 0 Å². The molecule has 0 aromatic carbocycles. The first-order chi connectivity index (χ1) is 9.47. The molecule has 0 spiro atoms. The van der Waals surface area contributed by atoms with E-state index in [1.807, 2.05) is 0 Å². The Morgan fingerprint density at radius 1 is 1.25 bits per heavy atom. The molecule has 1 saturated carbocycles. The van der Waals surface area contributed by atoms with Gasteiger partial charge in [-0.25, -0.2) is 0 Å². The molecule has 0 bridgehead atoms. The van der Waals surface area contributed by atoms with Gasteiger partial charge in [0.05, 0.1) is 12.3 Å². The third kappa shape index (κ3) is 3.95. The minimum absolute atomic E-state index is 0.0802. The summed E-state index contributed by atoms with van der Waals surface area (Å²) in [6.45, 7) is 2.90.